The minimum atomic E-state index is -4.70. The highest BCUT2D eigenvalue weighted by Gasteiger charge is 2.33. The monoisotopic (exact) mass is 972 g/mol. The van der Waals surface area contributed by atoms with Gasteiger partial charge in [0.2, 0.25) is 0 Å². The minimum absolute atomic E-state index is 0.000287. The van der Waals surface area contributed by atoms with Crippen molar-refractivity contribution in [2.75, 3.05) is 80.8 Å². The number of aromatic nitrogens is 2. The van der Waals surface area contributed by atoms with E-state index in [1.165, 1.54) is 29.0 Å². The summed E-state index contributed by atoms with van der Waals surface area (Å²) in [7, 11) is -7.07. The number of rotatable bonds is 13. The Labute approximate surface area is 394 Å². The highest BCUT2D eigenvalue weighted by atomic mass is 35.5. The van der Waals surface area contributed by atoms with Crippen LogP contribution >= 0.6 is 11.6 Å². The summed E-state index contributed by atoms with van der Waals surface area (Å²) in [5.41, 5.74) is 5.07. The summed E-state index contributed by atoms with van der Waals surface area (Å²) < 4.78 is 64.8. The second kappa shape index (κ2) is 19.1. The fourth-order valence-corrected chi connectivity index (χ4v) is 11.8. The molecular weight excluding hydrogens is 920 g/mol. The van der Waals surface area contributed by atoms with Gasteiger partial charge in [-0.2, -0.15) is 0 Å². The topological polar surface area (TPSA) is 211 Å². The van der Waals surface area contributed by atoms with Crippen LogP contribution in [0, 0.1) is 15.5 Å². The lowest BCUT2D eigenvalue weighted by molar-refractivity contribution is -0.384. The van der Waals surface area contributed by atoms with Gasteiger partial charge in [-0.25, -0.2) is 26.7 Å². The van der Waals surface area contributed by atoms with Crippen LogP contribution in [0.3, 0.4) is 0 Å². The Morgan fingerprint density at radius 3 is 2.61 bits per heavy atom. The summed E-state index contributed by atoms with van der Waals surface area (Å²) in [5.74, 6) is 0.0620. The van der Waals surface area contributed by atoms with Crippen molar-refractivity contribution >= 4 is 70.9 Å². The fourth-order valence-electron chi connectivity index (χ4n) is 9.03. The molecule has 0 bridgehead atoms. The molecule has 4 aliphatic rings. The van der Waals surface area contributed by atoms with Crippen molar-refractivity contribution in [1.82, 2.24) is 19.6 Å². The van der Waals surface area contributed by atoms with Gasteiger partial charge in [0.1, 0.15) is 23.8 Å². The van der Waals surface area contributed by atoms with Gasteiger partial charge < -0.3 is 29.4 Å². The number of aromatic amines is 1. The molecule has 1 amide bonds. The molecule has 67 heavy (non-hydrogen) atoms. The van der Waals surface area contributed by atoms with Crippen LogP contribution in [0.2, 0.25) is 5.02 Å². The summed E-state index contributed by atoms with van der Waals surface area (Å²) in [6.45, 7) is 9.58. The molecule has 5 heterocycles. The number of nitrogens with zero attached hydrogens (tertiary/aromatic N) is 5. The number of sulfonamides is 1. The number of anilines is 2. The number of carbonyl (C=O) groups excluding carboxylic acids is 1. The highest BCUT2D eigenvalue weighted by molar-refractivity contribution is 7.93. The largest absolute Gasteiger partial charge is 0.489 e. The fraction of sp³-hybridized carbons (Fsp3) is 0.404. The van der Waals surface area contributed by atoms with Crippen molar-refractivity contribution < 1.29 is 36.6 Å². The molecule has 5 aromatic rings. The van der Waals surface area contributed by atoms with Gasteiger partial charge in [-0.3, -0.25) is 19.8 Å². The lowest BCUT2D eigenvalue weighted by atomic mass is 9.72. The number of halogens is 1. The first-order valence-corrected chi connectivity index (χ1v) is 26.1. The van der Waals surface area contributed by atoms with Crippen LogP contribution in [0.15, 0.2) is 94.0 Å². The second-order valence-electron chi connectivity index (χ2n) is 18.2. The number of nitrogens with one attached hydrogen (secondary N) is 3. The molecule has 2 fully saturated rings. The Balaban J connectivity index is 0.924. The maximum Gasteiger partial charge on any atom is 0.297 e. The number of nitro groups is 1. The Bertz CT molecular complexity index is 2970. The van der Waals surface area contributed by atoms with E-state index in [1.807, 2.05) is 18.2 Å². The van der Waals surface area contributed by atoms with Gasteiger partial charge >= 0.3 is 0 Å². The Morgan fingerprint density at radius 1 is 1.07 bits per heavy atom. The van der Waals surface area contributed by atoms with Crippen molar-refractivity contribution in [3.05, 3.63) is 111 Å². The maximum atomic E-state index is 14.1. The molecule has 0 spiro atoms. The quantitative estimate of drug-likeness (QED) is 0.0758. The molecule has 1 aliphatic carbocycles. The number of pyridine rings is 1. The predicted octanol–water partition coefficient (Wildman–Crippen LogP) is 7.88. The average Bonchev–Trinajstić information content (AvgIpc) is 3.78. The highest BCUT2D eigenvalue weighted by Crippen LogP contribution is 2.44. The van der Waals surface area contributed by atoms with Crippen LogP contribution in [0.4, 0.5) is 17.1 Å². The number of piperazine rings is 1. The third-order valence-electron chi connectivity index (χ3n) is 12.8. The van der Waals surface area contributed by atoms with Gasteiger partial charge in [-0.1, -0.05) is 43.2 Å². The van der Waals surface area contributed by atoms with Crippen molar-refractivity contribution in [2.24, 2.45) is 9.78 Å². The number of fused-ring (bicyclic) bond motifs is 2. The molecule has 1 atom stereocenters. The molecule has 2 aromatic heterocycles. The van der Waals surface area contributed by atoms with Crippen molar-refractivity contribution in [2.45, 2.75) is 50.5 Å². The molecule has 3 aliphatic heterocycles. The molecule has 20 heteroatoms. The number of ether oxygens (including phenoxy) is 3. The van der Waals surface area contributed by atoms with Crippen LogP contribution in [0.1, 0.15) is 55.5 Å². The van der Waals surface area contributed by atoms with Gasteiger partial charge in [0.15, 0.2) is 11.4 Å². The summed E-state index contributed by atoms with van der Waals surface area (Å²) in [6.07, 6.45) is 6.79. The zero-order chi connectivity index (χ0) is 46.9. The number of nitro benzene ring substituents is 1. The normalized spacial score (nSPS) is 19.5. The number of H-pyrrole nitrogens is 1. The van der Waals surface area contributed by atoms with Gasteiger partial charge in [0.05, 0.1) is 68.6 Å². The van der Waals surface area contributed by atoms with Crippen LogP contribution in [-0.2, 0) is 24.5 Å². The van der Waals surface area contributed by atoms with Crippen molar-refractivity contribution in [3.63, 3.8) is 0 Å². The molecule has 9 rings (SSSR count). The molecule has 0 radical (unpaired) electrons. The average molecular weight is 974 g/mol. The van der Waals surface area contributed by atoms with E-state index >= 15 is 0 Å². The van der Waals surface area contributed by atoms with E-state index in [4.69, 9.17) is 25.8 Å². The first-order chi connectivity index (χ1) is 32.1. The van der Waals surface area contributed by atoms with Gasteiger partial charge in [-0.05, 0) is 78.6 Å². The molecule has 354 valence electrons. The third-order valence-corrected chi connectivity index (χ3v) is 16.6. The lowest BCUT2D eigenvalue weighted by Gasteiger charge is -2.39. The van der Waals surface area contributed by atoms with Crippen LogP contribution in [-0.4, -0.2) is 115 Å². The molecule has 3 aromatic carbocycles. The van der Waals surface area contributed by atoms with Crippen LogP contribution in [0.25, 0.3) is 16.6 Å². The number of benzene rings is 3. The van der Waals surface area contributed by atoms with Gasteiger partial charge in [-0.15, -0.1) is 0 Å². The summed E-state index contributed by atoms with van der Waals surface area (Å²) >= 11 is 6.25. The van der Waals surface area contributed by atoms with E-state index in [0.29, 0.717) is 55.6 Å². The van der Waals surface area contributed by atoms with E-state index in [1.54, 1.807) is 24.4 Å². The van der Waals surface area contributed by atoms with Crippen LogP contribution < -0.4 is 24.4 Å². The minimum Gasteiger partial charge on any atom is -0.489 e. The van der Waals surface area contributed by atoms with Crippen LogP contribution in [0.5, 0.6) is 17.2 Å². The number of carbonyl (C=O) groups is 1. The number of hydrogen-bond acceptors (Lipinski definition) is 14. The predicted molar refractivity (Wildman–Crippen MR) is 259 cm³/mol. The first kappa shape index (κ1) is 46.4. The summed E-state index contributed by atoms with van der Waals surface area (Å²) in [6, 6.07) is 18.3. The van der Waals surface area contributed by atoms with Gasteiger partial charge in [0, 0.05) is 73.2 Å². The van der Waals surface area contributed by atoms with E-state index in [9.17, 15) is 27.5 Å². The lowest BCUT2D eigenvalue weighted by Crippen LogP contribution is -2.47. The molecule has 0 unspecified atom stereocenters. The first-order valence-electron chi connectivity index (χ1n) is 22.3. The van der Waals surface area contributed by atoms with E-state index in [0.717, 1.165) is 67.1 Å². The smallest absolute Gasteiger partial charge is 0.297 e. The molecule has 17 nitrogen and oxygen atoms in total. The van der Waals surface area contributed by atoms with Crippen molar-refractivity contribution in [1.29, 1.82) is 0 Å². The number of amides is 1. The molecular formula is C47H53ClN8O9S2. The number of hydrogen-bond donors (Lipinski definition) is 3. The molecule has 0 saturated carbocycles. The maximum absolute atomic E-state index is 14.1. The molecule has 3 N–H and O–H groups in total. The van der Waals surface area contributed by atoms with E-state index < -0.39 is 47.2 Å². The second-order valence-corrected chi connectivity index (χ2v) is 22.9. The van der Waals surface area contributed by atoms with Gasteiger partial charge in [0.25, 0.3) is 21.6 Å². The Kier molecular flexibility index (Phi) is 13.2. The zero-order valence-electron chi connectivity index (χ0n) is 37.3. The summed E-state index contributed by atoms with van der Waals surface area (Å²) in [5, 5.41) is 16.9. The summed E-state index contributed by atoms with van der Waals surface area (Å²) in [4.78, 5) is 37.3. The zero-order valence-corrected chi connectivity index (χ0v) is 39.7. The van der Waals surface area contributed by atoms with E-state index in [2.05, 4.69) is 60.1 Å². The number of allylic oxidation sites excluding steroid dienone is 1. The Hall–Kier alpha value is -5.73. The Morgan fingerprint density at radius 2 is 1.85 bits per heavy atom. The SMILES string of the molecule is CC1(C)CCC(CN2CCN(c3ccc(C(=O)NS(=O)(=O)c4cc5c(c([N+](=O)[O-])c4)N[C@@H](CCN=S4(=O)CCOCC4)CO5)c(Oc4cnc5[nH]ccc5c4)c3)CC2)=C(c2ccc(Cl)cc2)C1. The standard InChI is InChI=1S/C47H53ClN8O9S2/c1-47(2)12-9-33(40(27-47)31-3-5-34(48)6-4-31)29-54-15-17-55(18-16-54)36-7-8-39(42(24-36)65-37-23-32-10-13-49-45(32)50-28-37)46(57)53-67(61,62)38-25-41(56(58)59)44-43(26-38)64-30-35(52-44)11-14-51-66(60)21-19-63-20-22-66/h3-8,10,13,23-26,28,35,52H,9,11-12,14-22,27,29-30H2,1-2H3,(H,49,50)(H,53,57)/t35-/m0/s1. The third kappa shape index (κ3) is 10.7. The van der Waals surface area contributed by atoms with Crippen molar-refractivity contribution in [3.8, 4) is 17.2 Å². The van der Waals surface area contributed by atoms with E-state index in [-0.39, 0.29) is 41.3 Å². The molecule has 2 saturated heterocycles.